The molecule has 0 aliphatic rings. The van der Waals surface area contributed by atoms with Crippen LogP contribution in [0.25, 0.3) is 33.4 Å². The Balaban J connectivity index is 1.86. The fourth-order valence-electron chi connectivity index (χ4n) is 5.16. The van der Waals surface area contributed by atoms with E-state index in [1.54, 1.807) is 0 Å². The lowest BCUT2D eigenvalue weighted by atomic mass is 9.81. The molecule has 0 aliphatic heterocycles. The van der Waals surface area contributed by atoms with Crippen LogP contribution >= 0.6 is 0 Å². The first-order valence-electron chi connectivity index (χ1n) is 13.6. The van der Waals surface area contributed by atoms with E-state index in [1.807, 2.05) is 6.20 Å². The second-order valence-electron chi connectivity index (χ2n) is 11.8. The maximum absolute atomic E-state index is 5.03. The standard InChI is InChI=1S/C34H42N2/c1-20(2)12-25-10-11-31-32(15-25)35-19-33(36-31)27-13-24(9)14-28(16-27)34-29(22(5)6)17-26(21(3)4)18-30(34)23(7)8/h10-11,13-23H,12H2,1-9H3. The van der Waals surface area contributed by atoms with E-state index >= 15 is 0 Å². The minimum Gasteiger partial charge on any atom is -0.252 e. The van der Waals surface area contributed by atoms with Crippen LogP contribution in [0.5, 0.6) is 0 Å². The molecule has 1 aromatic heterocycles. The third-order valence-electron chi connectivity index (χ3n) is 7.04. The van der Waals surface area contributed by atoms with E-state index in [0.29, 0.717) is 23.7 Å². The van der Waals surface area contributed by atoms with Crippen LogP contribution in [0.4, 0.5) is 0 Å². The second-order valence-corrected chi connectivity index (χ2v) is 11.8. The molecule has 0 unspecified atom stereocenters. The van der Waals surface area contributed by atoms with Gasteiger partial charge in [-0.3, -0.25) is 4.98 Å². The summed E-state index contributed by atoms with van der Waals surface area (Å²) in [6, 6.07) is 18.3. The van der Waals surface area contributed by atoms with Crippen LogP contribution in [0.15, 0.2) is 54.7 Å². The number of benzene rings is 3. The molecule has 0 fully saturated rings. The Kier molecular flexibility index (Phi) is 7.64. The summed E-state index contributed by atoms with van der Waals surface area (Å²) in [4.78, 5) is 9.85. The summed E-state index contributed by atoms with van der Waals surface area (Å²) < 4.78 is 0. The molecule has 3 aromatic carbocycles. The molecule has 0 atom stereocenters. The molecular weight excluding hydrogens is 436 g/mol. The summed E-state index contributed by atoms with van der Waals surface area (Å²) in [7, 11) is 0. The van der Waals surface area contributed by atoms with Gasteiger partial charge in [-0.25, -0.2) is 4.98 Å². The maximum atomic E-state index is 5.03. The zero-order valence-electron chi connectivity index (χ0n) is 23.6. The predicted molar refractivity (Wildman–Crippen MR) is 156 cm³/mol. The van der Waals surface area contributed by atoms with E-state index in [2.05, 4.69) is 111 Å². The average molecular weight is 479 g/mol. The quantitative estimate of drug-likeness (QED) is 0.264. The summed E-state index contributed by atoms with van der Waals surface area (Å²) in [5, 5.41) is 0. The van der Waals surface area contributed by atoms with Gasteiger partial charge in [-0.15, -0.1) is 0 Å². The fourth-order valence-corrected chi connectivity index (χ4v) is 5.16. The Labute approximate surface area is 218 Å². The van der Waals surface area contributed by atoms with Gasteiger partial charge in [-0.2, -0.15) is 0 Å². The van der Waals surface area contributed by atoms with Crippen molar-refractivity contribution in [2.75, 3.05) is 0 Å². The Morgan fingerprint density at radius 1 is 0.667 bits per heavy atom. The topological polar surface area (TPSA) is 25.8 Å². The van der Waals surface area contributed by atoms with E-state index < -0.39 is 0 Å². The molecule has 0 saturated carbocycles. The van der Waals surface area contributed by atoms with Crippen LogP contribution < -0.4 is 0 Å². The normalized spacial score (nSPS) is 12.0. The largest absolute Gasteiger partial charge is 0.252 e. The third-order valence-corrected chi connectivity index (χ3v) is 7.04. The van der Waals surface area contributed by atoms with E-state index in [-0.39, 0.29) is 0 Å². The van der Waals surface area contributed by atoms with Crippen LogP contribution in [-0.4, -0.2) is 9.97 Å². The molecule has 2 nitrogen and oxygen atoms in total. The number of aryl methyl sites for hydroxylation is 1. The van der Waals surface area contributed by atoms with Crippen molar-refractivity contribution in [1.29, 1.82) is 0 Å². The molecule has 0 saturated heterocycles. The van der Waals surface area contributed by atoms with Crippen molar-refractivity contribution in [3.63, 3.8) is 0 Å². The molecule has 0 amide bonds. The van der Waals surface area contributed by atoms with Gasteiger partial charge in [0.2, 0.25) is 0 Å². The monoisotopic (exact) mass is 478 g/mol. The van der Waals surface area contributed by atoms with Crippen LogP contribution in [0, 0.1) is 12.8 Å². The highest BCUT2D eigenvalue weighted by molar-refractivity contribution is 5.81. The van der Waals surface area contributed by atoms with Gasteiger partial charge >= 0.3 is 0 Å². The summed E-state index contributed by atoms with van der Waals surface area (Å²) in [5.74, 6) is 2.03. The highest BCUT2D eigenvalue weighted by Crippen LogP contribution is 2.40. The summed E-state index contributed by atoms with van der Waals surface area (Å²) in [5.41, 5.74) is 13.5. The first kappa shape index (κ1) is 26.1. The predicted octanol–water partition coefficient (Wildman–Crippen LogP) is 9.84. The molecule has 0 bridgehead atoms. The molecule has 0 spiro atoms. The number of hydrogen-bond acceptors (Lipinski definition) is 2. The zero-order valence-corrected chi connectivity index (χ0v) is 23.6. The Hall–Kier alpha value is -3.00. The van der Waals surface area contributed by atoms with E-state index in [4.69, 9.17) is 9.97 Å². The van der Waals surface area contributed by atoms with Crippen molar-refractivity contribution >= 4 is 11.0 Å². The molecule has 4 rings (SSSR count). The lowest BCUT2D eigenvalue weighted by Crippen LogP contribution is -2.04. The highest BCUT2D eigenvalue weighted by atomic mass is 14.8. The number of nitrogens with zero attached hydrogens (tertiary/aromatic N) is 2. The highest BCUT2D eigenvalue weighted by Gasteiger charge is 2.19. The minimum absolute atomic E-state index is 0.445. The van der Waals surface area contributed by atoms with Gasteiger partial charge < -0.3 is 0 Å². The summed E-state index contributed by atoms with van der Waals surface area (Å²) >= 11 is 0. The van der Waals surface area contributed by atoms with Gasteiger partial charge in [-0.05, 0) is 100 Å². The Bertz CT molecular complexity index is 1350. The Morgan fingerprint density at radius 3 is 1.89 bits per heavy atom. The molecule has 36 heavy (non-hydrogen) atoms. The van der Waals surface area contributed by atoms with Crippen molar-refractivity contribution in [3.8, 4) is 22.4 Å². The first-order chi connectivity index (χ1) is 17.0. The molecule has 0 N–H and O–H groups in total. The molecule has 0 radical (unpaired) electrons. The summed E-state index contributed by atoms with van der Waals surface area (Å²) in [6.07, 6.45) is 3.00. The van der Waals surface area contributed by atoms with Crippen molar-refractivity contribution < 1.29 is 0 Å². The maximum Gasteiger partial charge on any atom is 0.0894 e. The van der Waals surface area contributed by atoms with Crippen molar-refractivity contribution in [2.24, 2.45) is 5.92 Å². The number of fused-ring (bicyclic) bond motifs is 1. The lowest BCUT2D eigenvalue weighted by molar-refractivity contribution is 0.647. The third kappa shape index (κ3) is 5.53. The average Bonchev–Trinajstić information content (AvgIpc) is 2.81. The molecule has 188 valence electrons. The number of aromatic nitrogens is 2. The number of hydrogen-bond donors (Lipinski definition) is 0. The van der Waals surface area contributed by atoms with E-state index in [0.717, 1.165) is 28.7 Å². The van der Waals surface area contributed by atoms with E-state index in [9.17, 15) is 0 Å². The van der Waals surface area contributed by atoms with E-state index in [1.165, 1.54) is 38.9 Å². The van der Waals surface area contributed by atoms with Crippen LogP contribution in [0.3, 0.4) is 0 Å². The molecule has 1 heterocycles. The second kappa shape index (κ2) is 10.5. The first-order valence-corrected chi connectivity index (χ1v) is 13.6. The SMILES string of the molecule is Cc1cc(-c2cnc3cc(CC(C)C)ccc3n2)cc(-c2c(C(C)C)cc(C(C)C)cc2C(C)C)c1. The Morgan fingerprint density at radius 2 is 1.31 bits per heavy atom. The van der Waals surface area contributed by atoms with Crippen molar-refractivity contribution in [3.05, 3.63) is 82.5 Å². The summed E-state index contributed by atoms with van der Waals surface area (Å²) in [6.45, 7) is 20.5. The van der Waals surface area contributed by atoms with Crippen LogP contribution in [0.1, 0.15) is 101 Å². The fraction of sp³-hybridized carbons (Fsp3) is 0.412. The van der Waals surface area contributed by atoms with Gasteiger partial charge in [-0.1, -0.05) is 79.7 Å². The minimum atomic E-state index is 0.445. The van der Waals surface area contributed by atoms with Gasteiger partial charge in [0.1, 0.15) is 0 Å². The number of rotatable bonds is 7. The van der Waals surface area contributed by atoms with Gasteiger partial charge in [0.15, 0.2) is 0 Å². The molecular formula is C34H42N2. The molecule has 0 aliphatic carbocycles. The molecule has 2 heteroatoms. The van der Waals surface area contributed by atoms with Gasteiger partial charge in [0.05, 0.1) is 22.9 Å². The van der Waals surface area contributed by atoms with Crippen molar-refractivity contribution in [2.45, 2.75) is 86.5 Å². The van der Waals surface area contributed by atoms with Crippen molar-refractivity contribution in [1.82, 2.24) is 9.97 Å². The lowest BCUT2D eigenvalue weighted by Gasteiger charge is -2.24. The van der Waals surface area contributed by atoms with Crippen LogP contribution in [-0.2, 0) is 6.42 Å². The van der Waals surface area contributed by atoms with Gasteiger partial charge in [0.25, 0.3) is 0 Å². The van der Waals surface area contributed by atoms with Crippen LogP contribution in [0.2, 0.25) is 0 Å². The van der Waals surface area contributed by atoms with Gasteiger partial charge in [0, 0.05) is 5.56 Å². The molecule has 4 aromatic rings. The smallest absolute Gasteiger partial charge is 0.0894 e. The zero-order chi connectivity index (χ0) is 26.1.